The van der Waals surface area contributed by atoms with Gasteiger partial charge in [0.15, 0.2) is 0 Å². The molecule has 0 aliphatic carbocycles. The highest BCUT2D eigenvalue weighted by molar-refractivity contribution is 7.99. The van der Waals surface area contributed by atoms with Gasteiger partial charge in [-0.15, -0.1) is 0 Å². The first kappa shape index (κ1) is 14.9. The maximum atomic E-state index is 4.73. The van der Waals surface area contributed by atoms with Crippen LogP contribution in [0, 0.1) is 13.8 Å². The van der Waals surface area contributed by atoms with E-state index in [1.54, 1.807) is 11.8 Å². The Morgan fingerprint density at radius 3 is 2.40 bits per heavy atom. The quantitative estimate of drug-likeness (QED) is 0.845. The molecule has 20 heavy (non-hydrogen) atoms. The molecule has 0 amide bonds. The van der Waals surface area contributed by atoms with Crippen molar-refractivity contribution in [1.82, 2.24) is 9.97 Å². The fourth-order valence-corrected chi connectivity index (χ4v) is 2.86. The minimum atomic E-state index is 0.318. The van der Waals surface area contributed by atoms with Crippen molar-refractivity contribution in [3.63, 3.8) is 0 Å². The van der Waals surface area contributed by atoms with E-state index in [-0.39, 0.29) is 0 Å². The molecule has 1 N–H and O–H groups in total. The molecule has 1 heterocycles. The van der Waals surface area contributed by atoms with E-state index in [4.69, 9.17) is 4.98 Å². The molecule has 2 rings (SSSR count). The van der Waals surface area contributed by atoms with Gasteiger partial charge in [-0.05, 0) is 25.5 Å². The molecule has 0 atom stereocenters. The van der Waals surface area contributed by atoms with E-state index in [1.165, 1.54) is 10.5 Å². The van der Waals surface area contributed by atoms with Gasteiger partial charge in [0, 0.05) is 23.4 Å². The van der Waals surface area contributed by atoms with Crippen LogP contribution in [0.4, 0.5) is 5.82 Å². The zero-order valence-corrected chi connectivity index (χ0v) is 13.5. The van der Waals surface area contributed by atoms with Crippen LogP contribution in [0.5, 0.6) is 0 Å². The van der Waals surface area contributed by atoms with Crippen LogP contribution in [-0.2, 0) is 0 Å². The summed E-state index contributed by atoms with van der Waals surface area (Å²) in [6.45, 7) is 8.43. The first-order valence-corrected chi connectivity index (χ1v) is 7.64. The van der Waals surface area contributed by atoms with Gasteiger partial charge in [0.1, 0.15) is 16.7 Å². The zero-order valence-electron chi connectivity index (χ0n) is 12.7. The second-order valence-electron chi connectivity index (χ2n) is 5.13. The Morgan fingerprint density at radius 1 is 1.10 bits per heavy atom. The lowest BCUT2D eigenvalue weighted by Gasteiger charge is -2.14. The highest BCUT2D eigenvalue weighted by Crippen LogP contribution is 2.33. The van der Waals surface area contributed by atoms with Crippen LogP contribution in [0.1, 0.15) is 36.7 Å². The predicted molar refractivity (Wildman–Crippen MR) is 85.7 cm³/mol. The number of aromatic nitrogens is 2. The maximum absolute atomic E-state index is 4.73. The highest BCUT2D eigenvalue weighted by atomic mass is 32.2. The van der Waals surface area contributed by atoms with E-state index >= 15 is 0 Å². The molecule has 0 aliphatic heterocycles. The van der Waals surface area contributed by atoms with Gasteiger partial charge in [-0.25, -0.2) is 9.97 Å². The van der Waals surface area contributed by atoms with Crippen molar-refractivity contribution in [1.29, 1.82) is 0 Å². The minimum absolute atomic E-state index is 0.318. The van der Waals surface area contributed by atoms with Crippen molar-refractivity contribution in [3.05, 3.63) is 41.2 Å². The molecular weight excluding hydrogens is 266 g/mol. The molecule has 0 unspecified atom stereocenters. The number of hydrogen-bond acceptors (Lipinski definition) is 4. The molecule has 0 bridgehead atoms. The fraction of sp³-hybridized carbons (Fsp3) is 0.375. The van der Waals surface area contributed by atoms with E-state index in [0.29, 0.717) is 5.92 Å². The van der Waals surface area contributed by atoms with Gasteiger partial charge in [0.05, 0.1) is 0 Å². The van der Waals surface area contributed by atoms with Gasteiger partial charge in [0.2, 0.25) is 0 Å². The Hall–Kier alpha value is -1.55. The third kappa shape index (κ3) is 3.12. The summed E-state index contributed by atoms with van der Waals surface area (Å²) in [6.07, 6.45) is 0. The van der Waals surface area contributed by atoms with Gasteiger partial charge in [-0.1, -0.05) is 43.8 Å². The molecular formula is C16H21N3S. The molecule has 0 saturated heterocycles. The molecule has 0 radical (unpaired) electrons. The average Bonchev–Trinajstić information content (AvgIpc) is 2.43. The second kappa shape index (κ2) is 6.27. The molecule has 106 valence electrons. The molecule has 1 aromatic carbocycles. The molecule has 4 heteroatoms. The van der Waals surface area contributed by atoms with E-state index < -0.39 is 0 Å². The summed E-state index contributed by atoms with van der Waals surface area (Å²) in [6, 6.07) is 8.38. The third-order valence-electron chi connectivity index (χ3n) is 3.17. The summed E-state index contributed by atoms with van der Waals surface area (Å²) in [7, 11) is 1.90. The number of nitrogens with zero attached hydrogens (tertiary/aromatic N) is 2. The number of hydrogen-bond donors (Lipinski definition) is 1. The van der Waals surface area contributed by atoms with Crippen LogP contribution in [0.3, 0.4) is 0 Å². The zero-order chi connectivity index (χ0) is 14.7. The van der Waals surface area contributed by atoms with Gasteiger partial charge in [0.25, 0.3) is 0 Å². The van der Waals surface area contributed by atoms with Crippen molar-refractivity contribution >= 4 is 17.6 Å². The Bertz CT molecular complexity index is 609. The van der Waals surface area contributed by atoms with E-state index in [9.17, 15) is 0 Å². The molecule has 3 nitrogen and oxygen atoms in total. The lowest BCUT2D eigenvalue weighted by molar-refractivity contribution is 0.749. The van der Waals surface area contributed by atoms with E-state index in [1.807, 2.05) is 7.05 Å². The van der Waals surface area contributed by atoms with Crippen LogP contribution in [-0.4, -0.2) is 17.0 Å². The number of anilines is 1. The average molecular weight is 287 g/mol. The Balaban J connectivity index is 2.45. The van der Waals surface area contributed by atoms with Gasteiger partial charge in [-0.2, -0.15) is 0 Å². The summed E-state index contributed by atoms with van der Waals surface area (Å²) in [5.74, 6) is 2.12. The summed E-state index contributed by atoms with van der Waals surface area (Å²) in [4.78, 5) is 10.5. The van der Waals surface area contributed by atoms with Gasteiger partial charge >= 0.3 is 0 Å². The lowest BCUT2D eigenvalue weighted by Crippen LogP contribution is -2.06. The topological polar surface area (TPSA) is 37.8 Å². The van der Waals surface area contributed by atoms with Gasteiger partial charge < -0.3 is 5.32 Å². The van der Waals surface area contributed by atoms with Crippen LogP contribution in [0.2, 0.25) is 0 Å². The van der Waals surface area contributed by atoms with Crippen LogP contribution < -0.4 is 5.32 Å². The lowest BCUT2D eigenvalue weighted by atomic mass is 10.2. The largest absolute Gasteiger partial charge is 0.373 e. The number of benzene rings is 1. The first-order valence-electron chi connectivity index (χ1n) is 6.82. The summed E-state index contributed by atoms with van der Waals surface area (Å²) >= 11 is 1.71. The van der Waals surface area contributed by atoms with E-state index in [2.05, 4.69) is 62.3 Å². The Kier molecular flexibility index (Phi) is 4.65. The fourth-order valence-electron chi connectivity index (χ4n) is 1.89. The van der Waals surface area contributed by atoms with Crippen molar-refractivity contribution in [2.45, 2.75) is 43.5 Å². The number of nitrogens with one attached hydrogen (secondary N) is 1. The van der Waals surface area contributed by atoms with Crippen molar-refractivity contribution < 1.29 is 0 Å². The summed E-state index contributed by atoms with van der Waals surface area (Å²) in [5, 5.41) is 4.20. The molecule has 0 fully saturated rings. The van der Waals surface area contributed by atoms with Crippen molar-refractivity contribution in [2.24, 2.45) is 0 Å². The summed E-state index contributed by atoms with van der Waals surface area (Å²) < 4.78 is 0. The van der Waals surface area contributed by atoms with Crippen LogP contribution in [0.15, 0.2) is 34.2 Å². The molecule has 0 saturated carbocycles. The van der Waals surface area contributed by atoms with Crippen LogP contribution >= 0.6 is 11.8 Å². The first-order chi connectivity index (χ1) is 9.52. The molecule has 2 aromatic rings. The van der Waals surface area contributed by atoms with Crippen molar-refractivity contribution in [3.8, 4) is 0 Å². The van der Waals surface area contributed by atoms with Crippen molar-refractivity contribution in [2.75, 3.05) is 12.4 Å². The normalized spacial score (nSPS) is 10.9. The molecule has 0 spiro atoms. The monoisotopic (exact) mass is 287 g/mol. The number of aryl methyl sites for hydroxylation is 1. The smallest absolute Gasteiger partial charge is 0.134 e. The minimum Gasteiger partial charge on any atom is -0.373 e. The summed E-state index contributed by atoms with van der Waals surface area (Å²) in [5.41, 5.74) is 2.37. The standard InChI is InChI=1S/C16H21N3S/c1-10(2)14-18-15(17-5)12(4)16(19-14)20-13-9-7-6-8-11(13)3/h6-10H,1-5H3,(H,17,18,19). The second-order valence-corrected chi connectivity index (χ2v) is 6.16. The molecule has 0 aliphatic rings. The van der Waals surface area contributed by atoms with E-state index in [0.717, 1.165) is 22.2 Å². The van der Waals surface area contributed by atoms with Crippen LogP contribution in [0.25, 0.3) is 0 Å². The predicted octanol–water partition coefficient (Wildman–Crippen LogP) is 4.41. The molecule has 1 aromatic heterocycles. The Labute approximate surface area is 125 Å². The highest BCUT2D eigenvalue weighted by Gasteiger charge is 2.14. The third-order valence-corrected chi connectivity index (χ3v) is 4.44. The number of rotatable bonds is 4. The Morgan fingerprint density at radius 2 is 1.80 bits per heavy atom. The van der Waals surface area contributed by atoms with Gasteiger partial charge in [-0.3, -0.25) is 0 Å². The maximum Gasteiger partial charge on any atom is 0.134 e. The SMILES string of the molecule is CNc1nc(C(C)C)nc(Sc2ccccc2C)c1C.